The molecule has 0 saturated heterocycles. The number of esters is 1. The molecule has 24 heavy (non-hydrogen) atoms. The number of carbonyl (C=O) groups excluding carboxylic acids is 2. The Labute approximate surface area is 140 Å². The average Bonchev–Trinajstić information content (AvgIpc) is 2.60. The van der Waals surface area contributed by atoms with Gasteiger partial charge in [0.05, 0.1) is 18.7 Å². The number of rotatable bonds is 5. The first-order valence-electron chi connectivity index (χ1n) is 7.48. The maximum atomic E-state index is 12.3. The highest BCUT2D eigenvalue weighted by atomic mass is 16.5. The van der Waals surface area contributed by atoms with Crippen LogP contribution >= 0.6 is 0 Å². The molecule has 2 aromatic rings. The Kier molecular flexibility index (Phi) is 5.69. The van der Waals surface area contributed by atoms with E-state index >= 15 is 0 Å². The van der Waals surface area contributed by atoms with Crippen LogP contribution in [0.2, 0.25) is 0 Å². The topological polar surface area (TPSA) is 79.2 Å². The van der Waals surface area contributed by atoms with E-state index in [9.17, 15) is 9.59 Å². The van der Waals surface area contributed by atoms with Gasteiger partial charge in [-0.1, -0.05) is 29.8 Å². The van der Waals surface area contributed by atoms with Gasteiger partial charge in [-0.15, -0.1) is 0 Å². The summed E-state index contributed by atoms with van der Waals surface area (Å²) in [5.74, 6) is -0.888. The fourth-order valence-corrected chi connectivity index (χ4v) is 2.35. The van der Waals surface area contributed by atoms with Gasteiger partial charge in [-0.05, 0) is 36.8 Å². The monoisotopic (exact) mass is 322 g/mol. The molecule has 0 spiro atoms. The predicted molar refractivity (Wildman–Crippen MR) is 89.3 cm³/mol. The molecular formula is C19H18N2O3. The highest BCUT2D eigenvalue weighted by Crippen LogP contribution is 2.09. The summed E-state index contributed by atoms with van der Waals surface area (Å²) in [6, 6.07) is 15.2. The van der Waals surface area contributed by atoms with Gasteiger partial charge < -0.3 is 10.1 Å². The third-order valence-electron chi connectivity index (χ3n) is 3.59. The fraction of sp³-hybridized carbons (Fsp3) is 0.211. The molecule has 2 rings (SSSR count). The lowest BCUT2D eigenvalue weighted by Crippen LogP contribution is -2.43. The molecule has 0 aliphatic carbocycles. The van der Waals surface area contributed by atoms with Gasteiger partial charge >= 0.3 is 5.97 Å². The molecule has 0 bridgehead atoms. The van der Waals surface area contributed by atoms with Gasteiger partial charge in [0.1, 0.15) is 6.04 Å². The van der Waals surface area contributed by atoms with E-state index in [-0.39, 0.29) is 5.91 Å². The standard InChI is InChI=1S/C19H18N2O3/c1-13-4-3-5-15(10-13)11-17(19(23)24-2)21-18(22)16-8-6-14(12-20)7-9-16/h3-10,17H,11H2,1-2H3,(H,21,22)/t17-/m1/s1. The molecule has 1 atom stereocenters. The van der Waals surface area contributed by atoms with Crippen molar-refractivity contribution in [3.63, 3.8) is 0 Å². The molecule has 2 aromatic carbocycles. The maximum Gasteiger partial charge on any atom is 0.328 e. The zero-order valence-electron chi connectivity index (χ0n) is 13.6. The van der Waals surface area contributed by atoms with Crippen molar-refractivity contribution in [2.45, 2.75) is 19.4 Å². The molecular weight excluding hydrogens is 304 g/mol. The minimum absolute atomic E-state index is 0.344. The molecule has 0 saturated carbocycles. The third-order valence-corrected chi connectivity index (χ3v) is 3.59. The lowest BCUT2D eigenvalue weighted by Gasteiger charge is -2.17. The molecule has 5 nitrogen and oxygen atoms in total. The number of nitrogens with one attached hydrogen (secondary N) is 1. The van der Waals surface area contributed by atoms with Crippen LogP contribution in [0.5, 0.6) is 0 Å². The SMILES string of the molecule is COC(=O)[C@@H](Cc1cccc(C)c1)NC(=O)c1ccc(C#N)cc1. The van der Waals surface area contributed by atoms with Crippen molar-refractivity contribution in [3.05, 3.63) is 70.8 Å². The molecule has 0 heterocycles. The number of benzene rings is 2. The van der Waals surface area contributed by atoms with E-state index in [2.05, 4.69) is 5.32 Å². The first kappa shape index (κ1) is 17.2. The van der Waals surface area contributed by atoms with Gasteiger partial charge in [0.2, 0.25) is 0 Å². The minimum Gasteiger partial charge on any atom is -0.467 e. The Morgan fingerprint density at radius 1 is 1.21 bits per heavy atom. The minimum atomic E-state index is -0.778. The molecule has 1 N–H and O–H groups in total. The number of hydrogen-bond donors (Lipinski definition) is 1. The Hall–Kier alpha value is -3.13. The highest BCUT2D eigenvalue weighted by Gasteiger charge is 2.22. The molecule has 5 heteroatoms. The second-order valence-electron chi connectivity index (χ2n) is 5.43. The van der Waals surface area contributed by atoms with Crippen LogP contribution in [0.15, 0.2) is 48.5 Å². The van der Waals surface area contributed by atoms with Crippen LogP contribution in [0.25, 0.3) is 0 Å². The van der Waals surface area contributed by atoms with Crippen LogP contribution in [-0.2, 0) is 16.0 Å². The number of aryl methyl sites for hydroxylation is 1. The van der Waals surface area contributed by atoms with Crippen molar-refractivity contribution >= 4 is 11.9 Å². The van der Waals surface area contributed by atoms with Crippen LogP contribution in [0.3, 0.4) is 0 Å². The number of methoxy groups -OCH3 is 1. The summed E-state index contributed by atoms with van der Waals surface area (Å²) in [5.41, 5.74) is 2.86. The van der Waals surface area contributed by atoms with Crippen LogP contribution in [0.1, 0.15) is 27.0 Å². The normalized spacial score (nSPS) is 11.2. The molecule has 1 amide bonds. The van der Waals surface area contributed by atoms with Crippen molar-refractivity contribution in [1.29, 1.82) is 5.26 Å². The molecule has 0 aliphatic heterocycles. The zero-order valence-corrected chi connectivity index (χ0v) is 13.6. The summed E-state index contributed by atoms with van der Waals surface area (Å²) in [4.78, 5) is 24.3. The molecule has 0 unspecified atom stereocenters. The number of ether oxygens (including phenoxy) is 1. The van der Waals surface area contributed by atoms with Gasteiger partial charge in [0.25, 0.3) is 5.91 Å². The van der Waals surface area contributed by atoms with Crippen molar-refractivity contribution in [2.75, 3.05) is 7.11 Å². The summed E-state index contributed by atoms with van der Waals surface area (Å²) < 4.78 is 4.79. The van der Waals surface area contributed by atoms with E-state index in [1.807, 2.05) is 37.3 Å². The first-order valence-corrected chi connectivity index (χ1v) is 7.48. The van der Waals surface area contributed by atoms with Gasteiger partial charge in [0.15, 0.2) is 0 Å². The van der Waals surface area contributed by atoms with E-state index in [0.29, 0.717) is 17.5 Å². The Morgan fingerprint density at radius 2 is 1.92 bits per heavy atom. The molecule has 0 fully saturated rings. The molecule has 0 aromatic heterocycles. The number of hydrogen-bond acceptors (Lipinski definition) is 4. The summed E-state index contributed by atoms with van der Waals surface area (Å²) >= 11 is 0. The lowest BCUT2D eigenvalue weighted by molar-refractivity contribution is -0.142. The largest absolute Gasteiger partial charge is 0.467 e. The lowest BCUT2D eigenvalue weighted by atomic mass is 10.0. The van der Waals surface area contributed by atoms with E-state index in [4.69, 9.17) is 10.00 Å². The number of nitriles is 1. The van der Waals surface area contributed by atoms with Gasteiger partial charge in [-0.25, -0.2) is 4.79 Å². The molecule has 0 radical (unpaired) electrons. The first-order chi connectivity index (χ1) is 11.5. The molecule has 0 aliphatic rings. The van der Waals surface area contributed by atoms with Crippen molar-refractivity contribution < 1.29 is 14.3 Å². The quantitative estimate of drug-likeness (QED) is 0.857. The van der Waals surface area contributed by atoms with Gasteiger partial charge in [0, 0.05) is 12.0 Å². The smallest absolute Gasteiger partial charge is 0.328 e. The van der Waals surface area contributed by atoms with Gasteiger partial charge in [-0.3, -0.25) is 4.79 Å². The van der Waals surface area contributed by atoms with Crippen molar-refractivity contribution in [1.82, 2.24) is 5.32 Å². The van der Waals surface area contributed by atoms with Crippen LogP contribution in [-0.4, -0.2) is 25.0 Å². The summed E-state index contributed by atoms with van der Waals surface area (Å²) in [6.45, 7) is 1.96. The molecule has 122 valence electrons. The van der Waals surface area contributed by atoms with Crippen molar-refractivity contribution in [2.24, 2.45) is 0 Å². The van der Waals surface area contributed by atoms with E-state index in [0.717, 1.165) is 11.1 Å². The average molecular weight is 322 g/mol. The summed E-state index contributed by atoms with van der Waals surface area (Å²) in [7, 11) is 1.29. The summed E-state index contributed by atoms with van der Waals surface area (Å²) in [5, 5.41) is 11.5. The number of carbonyl (C=O) groups is 2. The second-order valence-corrected chi connectivity index (χ2v) is 5.43. The predicted octanol–water partition coefficient (Wildman–Crippen LogP) is 2.38. The number of amides is 1. The number of nitrogens with zero attached hydrogens (tertiary/aromatic N) is 1. The maximum absolute atomic E-state index is 12.3. The van der Waals surface area contributed by atoms with E-state index in [1.54, 1.807) is 24.3 Å². The van der Waals surface area contributed by atoms with E-state index < -0.39 is 12.0 Å². The Balaban J connectivity index is 2.14. The van der Waals surface area contributed by atoms with Crippen LogP contribution in [0.4, 0.5) is 0 Å². The highest BCUT2D eigenvalue weighted by molar-refractivity contribution is 5.96. The fourth-order valence-electron chi connectivity index (χ4n) is 2.35. The summed E-state index contributed by atoms with van der Waals surface area (Å²) in [6.07, 6.45) is 0.344. The van der Waals surface area contributed by atoms with Crippen molar-refractivity contribution in [3.8, 4) is 6.07 Å². The third kappa shape index (κ3) is 4.43. The Morgan fingerprint density at radius 3 is 2.50 bits per heavy atom. The van der Waals surface area contributed by atoms with Gasteiger partial charge in [-0.2, -0.15) is 5.26 Å². The van der Waals surface area contributed by atoms with E-state index in [1.165, 1.54) is 7.11 Å². The zero-order chi connectivity index (χ0) is 17.5. The van der Waals surface area contributed by atoms with Crippen LogP contribution < -0.4 is 5.32 Å². The second kappa shape index (κ2) is 7.93. The van der Waals surface area contributed by atoms with Crippen LogP contribution in [0, 0.1) is 18.3 Å². The Bertz CT molecular complexity index is 776.